The third-order valence-electron chi connectivity index (χ3n) is 2.17. The van der Waals surface area contributed by atoms with Crippen molar-refractivity contribution in [2.24, 2.45) is 0 Å². The Hall–Kier alpha value is -1.11. The van der Waals surface area contributed by atoms with Crippen LogP contribution in [0.4, 0.5) is 0 Å². The molecule has 0 unspecified atom stereocenters. The van der Waals surface area contributed by atoms with Gasteiger partial charge in [-0.2, -0.15) is 0 Å². The lowest BCUT2D eigenvalue weighted by molar-refractivity contribution is 0.561. The second kappa shape index (κ2) is 5.03. The lowest BCUT2D eigenvalue weighted by Gasteiger charge is -2.05. The van der Waals surface area contributed by atoms with Crippen LogP contribution in [0.3, 0.4) is 0 Å². The van der Waals surface area contributed by atoms with Crippen molar-refractivity contribution >= 4 is 26.0 Å². The molecule has 2 aromatic rings. The Labute approximate surface area is 108 Å². The van der Waals surface area contributed by atoms with Gasteiger partial charge in [0.15, 0.2) is 0 Å². The van der Waals surface area contributed by atoms with Crippen LogP contribution in [0.1, 0.15) is 5.56 Å². The van der Waals surface area contributed by atoms with E-state index in [-0.39, 0.29) is 11.4 Å². The minimum atomic E-state index is -3.47. The van der Waals surface area contributed by atoms with Crippen molar-refractivity contribution in [1.29, 1.82) is 0 Å². The number of benzene rings is 1. The second-order valence-electron chi connectivity index (χ2n) is 3.41. The van der Waals surface area contributed by atoms with Crippen LogP contribution in [0, 0.1) is 0 Å². The second-order valence-corrected chi connectivity index (χ2v) is 6.09. The third-order valence-corrected chi connectivity index (χ3v) is 4.12. The Bertz CT molecular complexity index is 576. The van der Waals surface area contributed by atoms with E-state index in [0.717, 1.165) is 10.0 Å². The first-order chi connectivity index (χ1) is 8.08. The summed E-state index contributed by atoms with van der Waals surface area (Å²) in [5.41, 5.74) is 0.783. The molecule has 1 aromatic carbocycles. The first kappa shape index (κ1) is 12.3. The van der Waals surface area contributed by atoms with Crippen molar-refractivity contribution in [3.05, 3.63) is 52.9 Å². The maximum atomic E-state index is 11.9. The molecule has 1 aromatic heterocycles. The Morgan fingerprint density at radius 3 is 2.47 bits per heavy atom. The van der Waals surface area contributed by atoms with E-state index >= 15 is 0 Å². The van der Waals surface area contributed by atoms with Crippen LogP contribution < -0.4 is 4.72 Å². The van der Waals surface area contributed by atoms with E-state index in [0.29, 0.717) is 0 Å². The van der Waals surface area contributed by atoms with Crippen LogP contribution in [0.2, 0.25) is 0 Å². The summed E-state index contributed by atoms with van der Waals surface area (Å²) in [5.74, 6) is 0. The van der Waals surface area contributed by atoms with Gasteiger partial charge in [0.1, 0.15) is 0 Å². The van der Waals surface area contributed by atoms with Gasteiger partial charge in [-0.25, -0.2) is 13.1 Å². The summed E-state index contributed by atoms with van der Waals surface area (Å²) in [6, 6.07) is 8.17. The van der Waals surface area contributed by atoms with Crippen LogP contribution in [-0.2, 0) is 16.6 Å². The van der Waals surface area contributed by atoms with Crippen LogP contribution in [0.5, 0.6) is 0 Å². The molecule has 1 N–H and O–H groups in total. The zero-order chi connectivity index (χ0) is 12.3. The topological polar surface area (TPSA) is 59.3 Å². The largest absolute Gasteiger partial charge is 0.472 e. The van der Waals surface area contributed by atoms with Gasteiger partial charge in [0.05, 0.1) is 17.4 Å². The molecule has 0 aliphatic rings. The molecule has 17 heavy (non-hydrogen) atoms. The Morgan fingerprint density at radius 2 is 1.88 bits per heavy atom. The lowest BCUT2D eigenvalue weighted by Crippen LogP contribution is -2.22. The predicted molar refractivity (Wildman–Crippen MR) is 66.9 cm³/mol. The zero-order valence-electron chi connectivity index (χ0n) is 8.76. The highest BCUT2D eigenvalue weighted by atomic mass is 79.9. The molecule has 0 aliphatic carbocycles. The quantitative estimate of drug-likeness (QED) is 0.943. The number of hydrogen-bond acceptors (Lipinski definition) is 3. The Kier molecular flexibility index (Phi) is 3.66. The fourth-order valence-corrected chi connectivity index (χ4v) is 2.55. The van der Waals surface area contributed by atoms with Crippen molar-refractivity contribution in [2.75, 3.05) is 0 Å². The van der Waals surface area contributed by atoms with Crippen molar-refractivity contribution in [3.8, 4) is 0 Å². The fraction of sp³-hybridized carbons (Fsp3) is 0.0909. The molecule has 0 saturated heterocycles. The average molecular weight is 316 g/mol. The van der Waals surface area contributed by atoms with E-state index < -0.39 is 10.0 Å². The van der Waals surface area contributed by atoms with E-state index in [1.54, 1.807) is 30.3 Å². The summed E-state index contributed by atoms with van der Waals surface area (Å²) >= 11 is 3.26. The number of furan rings is 1. The van der Waals surface area contributed by atoms with Crippen LogP contribution >= 0.6 is 15.9 Å². The SMILES string of the molecule is O=S(=O)(NCc1ccoc1)c1ccc(Br)cc1. The molecular weight excluding hydrogens is 306 g/mol. The van der Waals surface area contributed by atoms with Gasteiger partial charge in [-0.05, 0) is 30.3 Å². The lowest BCUT2D eigenvalue weighted by atomic mass is 10.4. The summed E-state index contributed by atoms with van der Waals surface area (Å²) in [4.78, 5) is 0.240. The molecular formula is C11H10BrNO3S. The van der Waals surface area contributed by atoms with Crippen LogP contribution in [0.25, 0.3) is 0 Å². The molecule has 0 bridgehead atoms. The summed E-state index contributed by atoms with van der Waals surface area (Å²) in [5, 5.41) is 0. The van der Waals surface area contributed by atoms with Gasteiger partial charge < -0.3 is 4.42 Å². The predicted octanol–water partition coefficient (Wildman–Crippen LogP) is 2.52. The average Bonchev–Trinajstić information content (AvgIpc) is 2.80. The summed E-state index contributed by atoms with van der Waals surface area (Å²) in [6.07, 6.45) is 3.01. The summed E-state index contributed by atoms with van der Waals surface area (Å²) in [7, 11) is -3.47. The number of hydrogen-bond donors (Lipinski definition) is 1. The van der Waals surface area contributed by atoms with E-state index in [2.05, 4.69) is 20.7 Å². The van der Waals surface area contributed by atoms with Crippen molar-refractivity contribution in [3.63, 3.8) is 0 Å². The first-order valence-electron chi connectivity index (χ1n) is 4.84. The normalized spacial score (nSPS) is 11.6. The molecule has 0 radical (unpaired) electrons. The Balaban J connectivity index is 2.11. The zero-order valence-corrected chi connectivity index (χ0v) is 11.2. The third kappa shape index (κ3) is 3.18. The molecule has 0 saturated carbocycles. The number of sulfonamides is 1. The van der Waals surface area contributed by atoms with Gasteiger partial charge in [0, 0.05) is 16.6 Å². The standard InChI is InChI=1S/C11H10BrNO3S/c12-10-1-3-11(4-2-10)17(14,15)13-7-9-5-6-16-8-9/h1-6,8,13H,7H2. The van der Waals surface area contributed by atoms with Crippen LogP contribution in [-0.4, -0.2) is 8.42 Å². The molecule has 0 amide bonds. The van der Waals surface area contributed by atoms with Gasteiger partial charge in [-0.15, -0.1) is 0 Å². The maximum Gasteiger partial charge on any atom is 0.240 e. The van der Waals surface area contributed by atoms with Gasteiger partial charge in [0.2, 0.25) is 10.0 Å². The smallest absolute Gasteiger partial charge is 0.240 e. The molecule has 0 atom stereocenters. The minimum absolute atomic E-state index is 0.217. The number of halogens is 1. The fourth-order valence-electron chi connectivity index (χ4n) is 1.27. The van der Waals surface area contributed by atoms with E-state index in [1.807, 2.05) is 0 Å². The highest BCUT2D eigenvalue weighted by molar-refractivity contribution is 9.10. The molecule has 6 heteroatoms. The van der Waals surface area contributed by atoms with Gasteiger partial charge >= 0.3 is 0 Å². The monoisotopic (exact) mass is 315 g/mol. The number of nitrogens with one attached hydrogen (secondary N) is 1. The molecule has 0 fully saturated rings. The molecule has 0 aliphatic heterocycles. The van der Waals surface area contributed by atoms with E-state index in [4.69, 9.17) is 4.42 Å². The van der Waals surface area contributed by atoms with E-state index in [1.165, 1.54) is 12.5 Å². The van der Waals surface area contributed by atoms with E-state index in [9.17, 15) is 8.42 Å². The van der Waals surface area contributed by atoms with Gasteiger partial charge in [0.25, 0.3) is 0 Å². The molecule has 2 rings (SSSR count). The van der Waals surface area contributed by atoms with Crippen molar-refractivity contribution in [2.45, 2.75) is 11.4 Å². The van der Waals surface area contributed by atoms with Crippen LogP contribution in [0.15, 0.2) is 56.6 Å². The molecule has 90 valence electrons. The number of rotatable bonds is 4. The molecule has 1 heterocycles. The Morgan fingerprint density at radius 1 is 1.18 bits per heavy atom. The maximum absolute atomic E-state index is 11.9. The van der Waals surface area contributed by atoms with Crippen molar-refractivity contribution < 1.29 is 12.8 Å². The minimum Gasteiger partial charge on any atom is -0.472 e. The molecule has 0 spiro atoms. The molecule has 4 nitrogen and oxygen atoms in total. The first-order valence-corrected chi connectivity index (χ1v) is 7.12. The highest BCUT2D eigenvalue weighted by Gasteiger charge is 2.13. The summed E-state index contributed by atoms with van der Waals surface area (Å²) in [6.45, 7) is 0.217. The highest BCUT2D eigenvalue weighted by Crippen LogP contribution is 2.14. The van der Waals surface area contributed by atoms with Gasteiger partial charge in [-0.3, -0.25) is 0 Å². The van der Waals surface area contributed by atoms with Crippen molar-refractivity contribution in [1.82, 2.24) is 4.72 Å². The summed E-state index contributed by atoms with van der Waals surface area (Å²) < 4.78 is 32.0. The van der Waals surface area contributed by atoms with Gasteiger partial charge in [-0.1, -0.05) is 15.9 Å².